The molecule has 1 fully saturated rings. The van der Waals surface area contributed by atoms with E-state index in [2.05, 4.69) is 27.3 Å². The van der Waals surface area contributed by atoms with Crippen LogP contribution in [0.5, 0.6) is 5.88 Å². The topological polar surface area (TPSA) is 64.9 Å². The molecule has 96 valence electrons. The number of piperidine rings is 1. The molecule has 18 heavy (non-hydrogen) atoms. The molecular formula is C12H17N5O. The van der Waals surface area contributed by atoms with E-state index in [1.807, 2.05) is 7.05 Å². The van der Waals surface area contributed by atoms with Crippen LogP contribution < -0.4 is 10.1 Å². The van der Waals surface area contributed by atoms with Crippen molar-refractivity contribution >= 4 is 11.0 Å². The lowest BCUT2D eigenvalue weighted by Crippen LogP contribution is -2.43. The molecule has 1 N–H and O–H groups in total. The van der Waals surface area contributed by atoms with Crippen molar-refractivity contribution in [3.05, 3.63) is 12.5 Å². The highest BCUT2D eigenvalue weighted by Crippen LogP contribution is 2.24. The molecule has 1 aliphatic rings. The molecule has 2 atom stereocenters. The molecule has 2 unspecified atom stereocenters. The van der Waals surface area contributed by atoms with Gasteiger partial charge in [0.25, 0.3) is 0 Å². The van der Waals surface area contributed by atoms with Gasteiger partial charge >= 0.3 is 0 Å². The average Bonchev–Trinajstić information content (AvgIpc) is 2.76. The summed E-state index contributed by atoms with van der Waals surface area (Å²) in [6.07, 6.45) is 4.58. The third-order valence-corrected chi connectivity index (χ3v) is 3.51. The molecule has 2 aromatic rings. The van der Waals surface area contributed by atoms with Crippen molar-refractivity contribution in [3.63, 3.8) is 0 Å². The van der Waals surface area contributed by atoms with E-state index in [4.69, 9.17) is 4.74 Å². The van der Waals surface area contributed by atoms with Gasteiger partial charge in [0.1, 0.15) is 17.8 Å². The first kappa shape index (κ1) is 11.4. The number of aryl methyl sites for hydroxylation is 1. The summed E-state index contributed by atoms with van der Waals surface area (Å²) in [6, 6.07) is 0. The van der Waals surface area contributed by atoms with Crippen LogP contribution in [-0.4, -0.2) is 38.9 Å². The number of nitrogens with zero attached hydrogens (tertiary/aromatic N) is 4. The fourth-order valence-corrected chi connectivity index (χ4v) is 2.30. The maximum atomic E-state index is 6.03. The highest BCUT2D eigenvalue weighted by molar-refractivity contribution is 5.79. The molecule has 3 heterocycles. The highest BCUT2D eigenvalue weighted by atomic mass is 16.5. The van der Waals surface area contributed by atoms with Crippen molar-refractivity contribution in [1.82, 2.24) is 25.1 Å². The van der Waals surface area contributed by atoms with Gasteiger partial charge in [-0.1, -0.05) is 6.92 Å². The lowest BCUT2D eigenvalue weighted by atomic mass is 9.97. The minimum atomic E-state index is 0.164. The van der Waals surface area contributed by atoms with Crippen LogP contribution in [0.4, 0.5) is 0 Å². The van der Waals surface area contributed by atoms with Gasteiger partial charge in [0.05, 0.1) is 6.20 Å². The molecule has 0 spiro atoms. The van der Waals surface area contributed by atoms with Gasteiger partial charge in [-0.3, -0.25) is 4.68 Å². The second-order valence-corrected chi connectivity index (χ2v) is 4.81. The van der Waals surface area contributed by atoms with Crippen LogP contribution in [0.1, 0.15) is 13.3 Å². The Bertz CT molecular complexity index is 552. The van der Waals surface area contributed by atoms with E-state index in [1.165, 1.54) is 6.33 Å². The lowest BCUT2D eigenvalue weighted by Gasteiger charge is -2.29. The maximum Gasteiger partial charge on any atom is 0.228 e. The van der Waals surface area contributed by atoms with Crippen molar-refractivity contribution in [3.8, 4) is 5.88 Å². The number of ether oxygens (including phenoxy) is 1. The van der Waals surface area contributed by atoms with E-state index < -0.39 is 0 Å². The van der Waals surface area contributed by atoms with Gasteiger partial charge in [-0.15, -0.1) is 0 Å². The third kappa shape index (κ3) is 1.92. The summed E-state index contributed by atoms with van der Waals surface area (Å²) in [4.78, 5) is 8.44. The summed E-state index contributed by atoms with van der Waals surface area (Å²) in [5, 5.41) is 8.41. The van der Waals surface area contributed by atoms with Crippen LogP contribution in [0.3, 0.4) is 0 Å². The Labute approximate surface area is 105 Å². The zero-order valence-electron chi connectivity index (χ0n) is 10.6. The number of hydrogen-bond acceptors (Lipinski definition) is 5. The smallest absolute Gasteiger partial charge is 0.228 e. The van der Waals surface area contributed by atoms with Crippen LogP contribution >= 0.6 is 0 Å². The quantitative estimate of drug-likeness (QED) is 0.848. The number of hydrogen-bond donors (Lipinski definition) is 1. The van der Waals surface area contributed by atoms with Crippen LogP contribution in [0.25, 0.3) is 11.0 Å². The first-order chi connectivity index (χ1) is 8.75. The molecule has 1 aliphatic heterocycles. The predicted octanol–water partition coefficient (Wildman–Crippen LogP) is 0.740. The normalized spacial score (nSPS) is 24.3. The van der Waals surface area contributed by atoms with Gasteiger partial charge in [0, 0.05) is 13.6 Å². The van der Waals surface area contributed by atoms with E-state index >= 15 is 0 Å². The third-order valence-electron chi connectivity index (χ3n) is 3.51. The molecule has 1 saturated heterocycles. The molecule has 3 rings (SSSR count). The average molecular weight is 247 g/mol. The first-order valence-electron chi connectivity index (χ1n) is 6.26. The molecule has 6 nitrogen and oxygen atoms in total. The molecule has 0 bridgehead atoms. The van der Waals surface area contributed by atoms with Gasteiger partial charge in [0.2, 0.25) is 5.88 Å². The number of nitrogens with one attached hydrogen (secondary N) is 1. The summed E-state index contributed by atoms with van der Waals surface area (Å²) in [7, 11) is 1.86. The predicted molar refractivity (Wildman–Crippen MR) is 67.4 cm³/mol. The minimum Gasteiger partial charge on any atom is -0.472 e. The maximum absolute atomic E-state index is 6.03. The summed E-state index contributed by atoms with van der Waals surface area (Å²) in [6.45, 7) is 4.15. The van der Waals surface area contributed by atoms with E-state index in [0.29, 0.717) is 11.8 Å². The van der Waals surface area contributed by atoms with Crippen LogP contribution in [0.15, 0.2) is 12.5 Å². The van der Waals surface area contributed by atoms with Crippen LogP contribution in [0, 0.1) is 5.92 Å². The summed E-state index contributed by atoms with van der Waals surface area (Å²) in [5.74, 6) is 1.17. The summed E-state index contributed by atoms with van der Waals surface area (Å²) in [5.41, 5.74) is 0.802. The fraction of sp³-hybridized carbons (Fsp3) is 0.583. The molecule has 2 aromatic heterocycles. The van der Waals surface area contributed by atoms with Crippen molar-refractivity contribution in [2.45, 2.75) is 19.4 Å². The van der Waals surface area contributed by atoms with E-state index in [9.17, 15) is 0 Å². The summed E-state index contributed by atoms with van der Waals surface area (Å²) >= 11 is 0. The zero-order chi connectivity index (χ0) is 12.5. The van der Waals surface area contributed by atoms with E-state index in [-0.39, 0.29) is 6.10 Å². The Hall–Kier alpha value is -1.69. The molecule has 0 amide bonds. The second kappa shape index (κ2) is 4.53. The minimum absolute atomic E-state index is 0.164. The Morgan fingerprint density at radius 3 is 3.17 bits per heavy atom. The SMILES string of the molecule is CC1CCNCC1Oc1ncnc2c1cnn2C. The van der Waals surface area contributed by atoms with Crippen LogP contribution in [-0.2, 0) is 7.05 Å². The molecule has 6 heteroatoms. The molecular weight excluding hydrogens is 230 g/mol. The van der Waals surface area contributed by atoms with Crippen molar-refractivity contribution in [2.75, 3.05) is 13.1 Å². The number of rotatable bonds is 2. The van der Waals surface area contributed by atoms with Crippen molar-refractivity contribution in [2.24, 2.45) is 13.0 Å². The van der Waals surface area contributed by atoms with Gasteiger partial charge < -0.3 is 10.1 Å². The van der Waals surface area contributed by atoms with Gasteiger partial charge in [-0.2, -0.15) is 5.10 Å². The van der Waals surface area contributed by atoms with Crippen molar-refractivity contribution < 1.29 is 4.74 Å². The zero-order valence-corrected chi connectivity index (χ0v) is 10.6. The molecule has 0 aliphatic carbocycles. The molecule has 0 aromatic carbocycles. The Morgan fingerprint density at radius 1 is 1.44 bits per heavy atom. The monoisotopic (exact) mass is 247 g/mol. The second-order valence-electron chi connectivity index (χ2n) is 4.81. The number of fused-ring (bicyclic) bond motifs is 1. The largest absolute Gasteiger partial charge is 0.472 e. The first-order valence-corrected chi connectivity index (χ1v) is 6.26. The summed E-state index contributed by atoms with van der Waals surface area (Å²) < 4.78 is 7.76. The highest BCUT2D eigenvalue weighted by Gasteiger charge is 2.24. The molecule has 0 saturated carbocycles. The fourth-order valence-electron chi connectivity index (χ4n) is 2.30. The van der Waals surface area contributed by atoms with Gasteiger partial charge in [0.15, 0.2) is 5.65 Å². The molecule has 0 radical (unpaired) electrons. The Balaban J connectivity index is 1.90. The number of aromatic nitrogens is 4. The standard InChI is InChI=1S/C12H17N5O/c1-8-3-4-13-6-10(8)18-12-9-5-16-17(2)11(9)14-7-15-12/h5,7-8,10,13H,3-4,6H2,1-2H3. The van der Waals surface area contributed by atoms with Gasteiger partial charge in [-0.25, -0.2) is 9.97 Å². The van der Waals surface area contributed by atoms with E-state index in [0.717, 1.165) is 30.5 Å². The lowest BCUT2D eigenvalue weighted by molar-refractivity contribution is 0.111. The van der Waals surface area contributed by atoms with Crippen LogP contribution in [0.2, 0.25) is 0 Å². The Kier molecular flexibility index (Phi) is 2.87. The van der Waals surface area contributed by atoms with E-state index in [1.54, 1.807) is 10.9 Å². The Morgan fingerprint density at radius 2 is 2.33 bits per heavy atom. The van der Waals surface area contributed by atoms with Gasteiger partial charge in [-0.05, 0) is 18.9 Å². The van der Waals surface area contributed by atoms with Crippen molar-refractivity contribution in [1.29, 1.82) is 0 Å².